The fraction of sp³-hybridized carbons (Fsp3) is 0.346. The van der Waals surface area contributed by atoms with E-state index in [1.165, 1.54) is 5.56 Å². The minimum Gasteiger partial charge on any atom is -0.362 e. The van der Waals surface area contributed by atoms with Gasteiger partial charge in [0.25, 0.3) is 5.91 Å². The van der Waals surface area contributed by atoms with E-state index in [9.17, 15) is 4.79 Å². The van der Waals surface area contributed by atoms with Crippen molar-refractivity contribution in [1.29, 1.82) is 0 Å². The number of amides is 1. The number of hydrogen-bond donors (Lipinski definition) is 0. The molecule has 3 aromatic rings. The zero-order chi connectivity index (χ0) is 22.2. The summed E-state index contributed by atoms with van der Waals surface area (Å²) in [5.74, 6) is 1.67. The SMILES string of the molecule is CN(C)c1nc(-c2ccccc2)nc2c1CN(C(=O)c1ccc(C(C)(C)C)cc1)CC2. The van der Waals surface area contributed by atoms with E-state index >= 15 is 0 Å². The van der Waals surface area contributed by atoms with E-state index in [0.717, 1.165) is 40.4 Å². The minimum absolute atomic E-state index is 0.0583. The molecule has 0 atom stereocenters. The van der Waals surface area contributed by atoms with Crippen LogP contribution in [0, 0.1) is 0 Å². The predicted octanol–water partition coefficient (Wildman–Crippen LogP) is 4.71. The van der Waals surface area contributed by atoms with Gasteiger partial charge in [-0.15, -0.1) is 0 Å². The zero-order valence-electron chi connectivity index (χ0n) is 19.0. The summed E-state index contributed by atoms with van der Waals surface area (Å²) in [4.78, 5) is 26.8. The quantitative estimate of drug-likeness (QED) is 0.623. The molecular formula is C26H30N4O. The number of nitrogens with zero attached hydrogens (tertiary/aromatic N) is 4. The first kappa shape index (κ1) is 21.0. The highest BCUT2D eigenvalue weighted by molar-refractivity contribution is 5.94. The van der Waals surface area contributed by atoms with Crippen LogP contribution in [0.1, 0.15) is 48.0 Å². The van der Waals surface area contributed by atoms with Crippen LogP contribution in [0.25, 0.3) is 11.4 Å². The largest absolute Gasteiger partial charge is 0.362 e. The van der Waals surface area contributed by atoms with E-state index in [4.69, 9.17) is 9.97 Å². The van der Waals surface area contributed by atoms with Gasteiger partial charge in [0, 0.05) is 43.8 Å². The topological polar surface area (TPSA) is 49.3 Å². The van der Waals surface area contributed by atoms with Gasteiger partial charge in [-0.2, -0.15) is 0 Å². The lowest BCUT2D eigenvalue weighted by Crippen LogP contribution is -2.37. The van der Waals surface area contributed by atoms with Gasteiger partial charge >= 0.3 is 0 Å². The molecule has 0 bridgehead atoms. The summed E-state index contributed by atoms with van der Waals surface area (Å²) >= 11 is 0. The van der Waals surface area contributed by atoms with Crippen LogP contribution in [-0.2, 0) is 18.4 Å². The molecule has 2 heterocycles. The summed E-state index contributed by atoms with van der Waals surface area (Å²) in [5, 5.41) is 0. The van der Waals surface area contributed by atoms with E-state index in [1.54, 1.807) is 0 Å². The van der Waals surface area contributed by atoms with E-state index < -0.39 is 0 Å². The number of anilines is 1. The van der Waals surface area contributed by atoms with Gasteiger partial charge < -0.3 is 9.80 Å². The Morgan fingerprint density at radius 2 is 1.65 bits per heavy atom. The number of hydrogen-bond acceptors (Lipinski definition) is 4. The van der Waals surface area contributed by atoms with Crippen molar-refractivity contribution in [3.63, 3.8) is 0 Å². The summed E-state index contributed by atoms with van der Waals surface area (Å²) in [6, 6.07) is 18.1. The van der Waals surface area contributed by atoms with Gasteiger partial charge in [-0.25, -0.2) is 9.97 Å². The van der Waals surface area contributed by atoms with Crippen molar-refractivity contribution in [1.82, 2.24) is 14.9 Å². The molecule has 0 fully saturated rings. The lowest BCUT2D eigenvalue weighted by molar-refractivity contribution is 0.0733. The second-order valence-corrected chi connectivity index (χ2v) is 9.36. The molecule has 0 saturated heterocycles. The number of carbonyl (C=O) groups is 1. The molecular weight excluding hydrogens is 384 g/mol. The fourth-order valence-electron chi connectivity index (χ4n) is 3.95. The number of benzene rings is 2. The normalized spacial score (nSPS) is 13.6. The zero-order valence-corrected chi connectivity index (χ0v) is 19.0. The standard InChI is InChI=1S/C26H30N4O/c1-26(2,3)20-13-11-19(12-14-20)25(31)30-16-15-22-21(17-30)24(29(4)5)28-23(27-22)18-9-7-6-8-10-18/h6-14H,15-17H2,1-5H3. The van der Waals surface area contributed by atoms with E-state index in [-0.39, 0.29) is 11.3 Å². The molecule has 5 nitrogen and oxygen atoms in total. The smallest absolute Gasteiger partial charge is 0.254 e. The van der Waals surface area contributed by atoms with Crippen LogP contribution >= 0.6 is 0 Å². The van der Waals surface area contributed by atoms with Gasteiger partial charge in [-0.1, -0.05) is 63.2 Å². The molecule has 0 N–H and O–H groups in total. The number of aromatic nitrogens is 2. The molecule has 2 aromatic carbocycles. The average molecular weight is 415 g/mol. The Labute approximate surface area is 184 Å². The molecule has 0 saturated carbocycles. The summed E-state index contributed by atoms with van der Waals surface area (Å²) in [6.07, 6.45) is 0.727. The van der Waals surface area contributed by atoms with Crippen molar-refractivity contribution in [3.8, 4) is 11.4 Å². The second-order valence-electron chi connectivity index (χ2n) is 9.36. The summed E-state index contributed by atoms with van der Waals surface area (Å²) in [7, 11) is 3.98. The van der Waals surface area contributed by atoms with Crippen LogP contribution in [0.2, 0.25) is 0 Å². The van der Waals surface area contributed by atoms with Crippen molar-refractivity contribution < 1.29 is 4.79 Å². The number of carbonyl (C=O) groups excluding carboxylic acids is 1. The molecule has 0 aliphatic carbocycles. The van der Waals surface area contributed by atoms with Crippen molar-refractivity contribution in [2.45, 2.75) is 39.2 Å². The van der Waals surface area contributed by atoms with Crippen LogP contribution in [0.5, 0.6) is 0 Å². The predicted molar refractivity (Wildman–Crippen MR) is 125 cm³/mol. The second kappa shape index (κ2) is 8.14. The highest BCUT2D eigenvalue weighted by Gasteiger charge is 2.27. The Kier molecular flexibility index (Phi) is 5.52. The third kappa shape index (κ3) is 4.31. The van der Waals surface area contributed by atoms with Gasteiger partial charge in [0.15, 0.2) is 5.82 Å². The van der Waals surface area contributed by atoms with Crippen molar-refractivity contribution in [2.24, 2.45) is 0 Å². The van der Waals surface area contributed by atoms with Crippen LogP contribution in [-0.4, -0.2) is 41.4 Å². The van der Waals surface area contributed by atoms with Crippen molar-refractivity contribution in [2.75, 3.05) is 25.5 Å². The summed E-state index contributed by atoms with van der Waals surface area (Å²) < 4.78 is 0. The highest BCUT2D eigenvalue weighted by atomic mass is 16.2. The molecule has 1 aliphatic rings. The van der Waals surface area contributed by atoms with E-state index in [0.29, 0.717) is 13.1 Å². The first-order valence-corrected chi connectivity index (χ1v) is 10.8. The summed E-state index contributed by atoms with van der Waals surface area (Å²) in [5.41, 5.74) is 5.10. The van der Waals surface area contributed by atoms with E-state index in [1.807, 2.05) is 66.4 Å². The first-order chi connectivity index (χ1) is 14.7. The van der Waals surface area contributed by atoms with Crippen molar-refractivity contribution in [3.05, 3.63) is 77.0 Å². The first-order valence-electron chi connectivity index (χ1n) is 10.8. The lowest BCUT2D eigenvalue weighted by Gasteiger charge is -2.31. The van der Waals surface area contributed by atoms with Gasteiger partial charge in [0.1, 0.15) is 5.82 Å². The Bertz CT molecular complexity index is 1080. The molecule has 0 unspecified atom stereocenters. The van der Waals surface area contributed by atoms with Gasteiger partial charge in [0.2, 0.25) is 0 Å². The third-order valence-electron chi connectivity index (χ3n) is 5.78. The van der Waals surface area contributed by atoms with Crippen molar-refractivity contribution >= 4 is 11.7 Å². The van der Waals surface area contributed by atoms with Crippen LogP contribution in [0.15, 0.2) is 54.6 Å². The fourth-order valence-corrected chi connectivity index (χ4v) is 3.95. The molecule has 31 heavy (non-hydrogen) atoms. The maximum absolute atomic E-state index is 13.2. The Hall–Kier alpha value is -3.21. The van der Waals surface area contributed by atoms with Crippen LogP contribution < -0.4 is 4.90 Å². The van der Waals surface area contributed by atoms with E-state index in [2.05, 4.69) is 32.9 Å². The lowest BCUT2D eigenvalue weighted by atomic mass is 9.86. The monoisotopic (exact) mass is 414 g/mol. The molecule has 160 valence electrons. The molecule has 1 aromatic heterocycles. The van der Waals surface area contributed by atoms with Gasteiger partial charge in [-0.05, 0) is 23.1 Å². The molecule has 5 heteroatoms. The number of rotatable bonds is 3. The minimum atomic E-state index is 0.0583. The Balaban J connectivity index is 1.63. The third-order valence-corrected chi connectivity index (χ3v) is 5.78. The highest BCUT2D eigenvalue weighted by Crippen LogP contribution is 2.30. The molecule has 1 aliphatic heterocycles. The molecule has 1 amide bonds. The maximum atomic E-state index is 13.2. The Morgan fingerprint density at radius 1 is 0.968 bits per heavy atom. The molecule has 4 rings (SSSR count). The number of fused-ring (bicyclic) bond motifs is 1. The summed E-state index contributed by atoms with van der Waals surface area (Å²) in [6.45, 7) is 7.72. The van der Waals surface area contributed by atoms with Gasteiger partial charge in [0.05, 0.1) is 12.2 Å². The maximum Gasteiger partial charge on any atom is 0.254 e. The van der Waals surface area contributed by atoms with Gasteiger partial charge in [-0.3, -0.25) is 4.79 Å². The van der Waals surface area contributed by atoms with Crippen LogP contribution in [0.4, 0.5) is 5.82 Å². The Morgan fingerprint density at radius 3 is 2.26 bits per heavy atom. The average Bonchev–Trinajstić information content (AvgIpc) is 2.77. The molecule has 0 spiro atoms. The molecule has 0 radical (unpaired) electrons. The van der Waals surface area contributed by atoms with Crippen LogP contribution in [0.3, 0.4) is 0 Å².